The van der Waals surface area contributed by atoms with Crippen LogP contribution in [-0.4, -0.2) is 38.2 Å². The van der Waals surface area contributed by atoms with Crippen molar-refractivity contribution in [2.75, 3.05) is 0 Å². The third-order valence-electron chi connectivity index (χ3n) is 1.98. The molecular formula is C9H14N4O3. The molecule has 0 saturated carbocycles. The van der Waals surface area contributed by atoms with Crippen molar-refractivity contribution in [1.29, 1.82) is 0 Å². The first-order valence-corrected chi connectivity index (χ1v) is 4.97. The number of carbonyl (C=O) groups excluding carboxylic acids is 1. The van der Waals surface area contributed by atoms with E-state index < -0.39 is 17.9 Å². The highest BCUT2D eigenvalue weighted by Gasteiger charge is 2.21. The largest absolute Gasteiger partial charge is 0.480 e. The Kier molecular flexibility index (Phi) is 3.98. The number of nitrogens with one attached hydrogen (secondary N) is 2. The monoisotopic (exact) mass is 226 g/mol. The zero-order valence-corrected chi connectivity index (χ0v) is 9.15. The van der Waals surface area contributed by atoms with Gasteiger partial charge in [-0.25, -0.2) is 9.78 Å². The summed E-state index contributed by atoms with van der Waals surface area (Å²) in [5.41, 5.74) is 0. The van der Waals surface area contributed by atoms with Gasteiger partial charge >= 0.3 is 5.97 Å². The second-order valence-corrected chi connectivity index (χ2v) is 3.40. The van der Waals surface area contributed by atoms with Crippen LogP contribution in [-0.2, 0) is 4.79 Å². The number of carboxylic acids is 1. The lowest BCUT2D eigenvalue weighted by Gasteiger charge is -2.11. The van der Waals surface area contributed by atoms with Crippen molar-refractivity contribution in [3.05, 3.63) is 11.6 Å². The lowest BCUT2D eigenvalue weighted by molar-refractivity contribution is -0.139. The molecule has 0 unspecified atom stereocenters. The maximum absolute atomic E-state index is 11.5. The summed E-state index contributed by atoms with van der Waals surface area (Å²) in [5, 5.41) is 17.4. The number of aromatic nitrogens is 3. The SMILES string of the molecule is CCC[C@H](NC(=O)c1n[nH]c(C)n1)C(=O)O. The van der Waals surface area contributed by atoms with Gasteiger partial charge in [-0.2, -0.15) is 0 Å². The van der Waals surface area contributed by atoms with Crippen molar-refractivity contribution in [3.63, 3.8) is 0 Å². The maximum Gasteiger partial charge on any atom is 0.326 e. The molecule has 0 aliphatic heterocycles. The van der Waals surface area contributed by atoms with E-state index in [1.807, 2.05) is 6.92 Å². The molecular weight excluding hydrogens is 212 g/mol. The van der Waals surface area contributed by atoms with E-state index in [-0.39, 0.29) is 5.82 Å². The minimum absolute atomic E-state index is 0.0418. The first-order chi connectivity index (χ1) is 7.54. The minimum atomic E-state index is -1.05. The normalized spacial score (nSPS) is 12.1. The van der Waals surface area contributed by atoms with E-state index in [0.717, 1.165) is 0 Å². The molecule has 0 aliphatic rings. The highest BCUT2D eigenvalue weighted by molar-refractivity contribution is 5.93. The van der Waals surface area contributed by atoms with E-state index in [0.29, 0.717) is 18.7 Å². The zero-order chi connectivity index (χ0) is 12.1. The molecule has 1 amide bonds. The fourth-order valence-corrected chi connectivity index (χ4v) is 1.21. The van der Waals surface area contributed by atoms with Crippen molar-refractivity contribution in [2.24, 2.45) is 0 Å². The number of aryl methyl sites for hydroxylation is 1. The Morgan fingerprint density at radius 3 is 2.69 bits per heavy atom. The third-order valence-corrected chi connectivity index (χ3v) is 1.98. The van der Waals surface area contributed by atoms with Gasteiger partial charge in [-0.1, -0.05) is 13.3 Å². The maximum atomic E-state index is 11.5. The molecule has 3 N–H and O–H groups in total. The number of aliphatic carboxylic acids is 1. The standard InChI is InChI=1S/C9H14N4O3/c1-3-4-6(9(15)16)11-8(14)7-10-5(2)12-13-7/h6H,3-4H2,1-2H3,(H,11,14)(H,15,16)(H,10,12,13)/t6-/m0/s1. The lowest BCUT2D eigenvalue weighted by atomic mass is 10.1. The summed E-state index contributed by atoms with van der Waals surface area (Å²) >= 11 is 0. The van der Waals surface area contributed by atoms with Gasteiger partial charge in [-0.3, -0.25) is 9.89 Å². The number of hydrogen-bond acceptors (Lipinski definition) is 4. The molecule has 0 aromatic carbocycles. The van der Waals surface area contributed by atoms with Crippen LogP contribution >= 0.6 is 0 Å². The summed E-state index contributed by atoms with van der Waals surface area (Å²) in [6.45, 7) is 3.50. The molecule has 7 heteroatoms. The Balaban J connectivity index is 2.65. The van der Waals surface area contributed by atoms with Crippen LogP contribution in [0.3, 0.4) is 0 Å². The predicted octanol–water partition coefficient (Wildman–Crippen LogP) is 0.0962. The number of carboxylic acid groups (broad SMARTS) is 1. The molecule has 1 atom stereocenters. The van der Waals surface area contributed by atoms with Gasteiger partial charge in [0.1, 0.15) is 11.9 Å². The number of H-pyrrole nitrogens is 1. The van der Waals surface area contributed by atoms with Crippen molar-refractivity contribution in [3.8, 4) is 0 Å². The summed E-state index contributed by atoms with van der Waals surface area (Å²) in [6, 6.07) is -0.892. The second kappa shape index (κ2) is 5.24. The summed E-state index contributed by atoms with van der Waals surface area (Å²) in [4.78, 5) is 26.1. The van der Waals surface area contributed by atoms with Crippen molar-refractivity contribution in [2.45, 2.75) is 32.7 Å². The summed E-state index contributed by atoms with van der Waals surface area (Å²) < 4.78 is 0. The first kappa shape index (κ1) is 12.2. The predicted molar refractivity (Wildman–Crippen MR) is 54.9 cm³/mol. The van der Waals surface area contributed by atoms with E-state index in [4.69, 9.17) is 5.11 Å². The fourth-order valence-electron chi connectivity index (χ4n) is 1.21. The van der Waals surface area contributed by atoms with Crippen LogP contribution in [0.25, 0.3) is 0 Å². The van der Waals surface area contributed by atoms with Crippen LogP contribution in [0.1, 0.15) is 36.2 Å². The highest BCUT2D eigenvalue weighted by Crippen LogP contribution is 1.99. The lowest BCUT2D eigenvalue weighted by Crippen LogP contribution is -2.41. The number of aromatic amines is 1. The molecule has 1 rings (SSSR count). The smallest absolute Gasteiger partial charge is 0.326 e. The number of nitrogens with zero attached hydrogens (tertiary/aromatic N) is 2. The summed E-state index contributed by atoms with van der Waals surface area (Å²) in [7, 11) is 0. The Bertz CT molecular complexity index is 388. The molecule has 16 heavy (non-hydrogen) atoms. The van der Waals surface area contributed by atoms with Crippen molar-refractivity contribution >= 4 is 11.9 Å². The number of amides is 1. The summed E-state index contributed by atoms with van der Waals surface area (Å²) in [6.07, 6.45) is 1.05. The van der Waals surface area contributed by atoms with Gasteiger partial charge in [0.25, 0.3) is 5.91 Å². The van der Waals surface area contributed by atoms with Gasteiger partial charge in [-0.15, -0.1) is 5.10 Å². The van der Waals surface area contributed by atoms with Crippen LogP contribution in [0.15, 0.2) is 0 Å². The van der Waals surface area contributed by atoms with E-state index in [2.05, 4.69) is 20.5 Å². The molecule has 1 aromatic rings. The quantitative estimate of drug-likeness (QED) is 0.659. The van der Waals surface area contributed by atoms with Crippen LogP contribution < -0.4 is 5.32 Å². The van der Waals surface area contributed by atoms with Crippen molar-refractivity contribution < 1.29 is 14.7 Å². The highest BCUT2D eigenvalue weighted by atomic mass is 16.4. The molecule has 0 bridgehead atoms. The molecule has 88 valence electrons. The molecule has 1 aromatic heterocycles. The van der Waals surface area contributed by atoms with Gasteiger partial charge < -0.3 is 10.4 Å². The van der Waals surface area contributed by atoms with Gasteiger partial charge in [0.15, 0.2) is 0 Å². The second-order valence-electron chi connectivity index (χ2n) is 3.40. The Morgan fingerprint density at radius 1 is 1.56 bits per heavy atom. The van der Waals surface area contributed by atoms with Crippen LogP contribution in [0.2, 0.25) is 0 Å². The fraction of sp³-hybridized carbons (Fsp3) is 0.556. The van der Waals surface area contributed by atoms with E-state index in [9.17, 15) is 9.59 Å². The van der Waals surface area contributed by atoms with Gasteiger partial charge in [0, 0.05) is 0 Å². The number of carbonyl (C=O) groups is 2. The topological polar surface area (TPSA) is 108 Å². The van der Waals surface area contributed by atoms with Crippen LogP contribution in [0.4, 0.5) is 0 Å². The molecule has 0 saturated heterocycles. The van der Waals surface area contributed by atoms with Gasteiger partial charge in [0.2, 0.25) is 5.82 Å². The number of hydrogen-bond donors (Lipinski definition) is 3. The average Bonchev–Trinajstić information content (AvgIpc) is 2.64. The molecule has 0 spiro atoms. The minimum Gasteiger partial charge on any atom is -0.480 e. The van der Waals surface area contributed by atoms with Gasteiger partial charge in [-0.05, 0) is 13.3 Å². The van der Waals surface area contributed by atoms with Gasteiger partial charge in [0.05, 0.1) is 0 Å². The molecule has 0 radical (unpaired) electrons. The molecule has 0 fully saturated rings. The number of rotatable bonds is 5. The van der Waals surface area contributed by atoms with Crippen LogP contribution in [0.5, 0.6) is 0 Å². The molecule has 7 nitrogen and oxygen atoms in total. The van der Waals surface area contributed by atoms with E-state index in [1.54, 1.807) is 6.92 Å². The average molecular weight is 226 g/mol. The molecule has 1 heterocycles. The first-order valence-electron chi connectivity index (χ1n) is 4.97. The van der Waals surface area contributed by atoms with E-state index >= 15 is 0 Å². The Labute approximate surface area is 92.3 Å². The molecule has 0 aliphatic carbocycles. The van der Waals surface area contributed by atoms with E-state index in [1.165, 1.54) is 0 Å². The Morgan fingerprint density at radius 2 is 2.25 bits per heavy atom. The van der Waals surface area contributed by atoms with Crippen LogP contribution in [0, 0.1) is 6.92 Å². The van der Waals surface area contributed by atoms with Crippen molar-refractivity contribution in [1.82, 2.24) is 20.5 Å². The third kappa shape index (κ3) is 3.04. The Hall–Kier alpha value is -1.92. The zero-order valence-electron chi connectivity index (χ0n) is 9.15. The summed E-state index contributed by atoms with van der Waals surface area (Å²) in [5.74, 6) is -1.17.